The molecule has 1 aliphatic heterocycles. The van der Waals surface area contributed by atoms with Gasteiger partial charge in [-0.2, -0.15) is 5.10 Å². The lowest BCUT2D eigenvalue weighted by Crippen LogP contribution is -2.43. The van der Waals surface area contributed by atoms with Crippen LogP contribution < -0.4 is 10.3 Å². The van der Waals surface area contributed by atoms with Crippen molar-refractivity contribution in [1.82, 2.24) is 5.32 Å². The van der Waals surface area contributed by atoms with Crippen LogP contribution in [0, 0.1) is 11.8 Å². The van der Waals surface area contributed by atoms with Crippen LogP contribution in [-0.2, 0) is 4.79 Å². The first-order valence-corrected chi connectivity index (χ1v) is 11.9. The first-order valence-electron chi connectivity index (χ1n) is 10.7. The summed E-state index contributed by atoms with van der Waals surface area (Å²) in [6, 6.07) is 13.0. The molecule has 1 fully saturated rings. The summed E-state index contributed by atoms with van der Waals surface area (Å²) in [5.41, 5.74) is 2.25. The zero-order valence-corrected chi connectivity index (χ0v) is 19.9. The van der Waals surface area contributed by atoms with Crippen molar-refractivity contribution in [3.05, 3.63) is 63.1 Å². The third-order valence-corrected chi connectivity index (χ3v) is 7.05. The molecule has 2 aromatic carbocycles. The molecule has 31 heavy (non-hydrogen) atoms. The fourth-order valence-corrected chi connectivity index (χ4v) is 5.29. The van der Waals surface area contributed by atoms with Crippen molar-refractivity contribution in [3.8, 4) is 0 Å². The fraction of sp³-hybridized carbons (Fsp3) is 0.417. The molecular weight excluding hydrogens is 453 g/mol. The highest BCUT2D eigenvalue weighted by atomic mass is 35.5. The molecule has 1 amide bonds. The maximum atomic E-state index is 13.2. The van der Waals surface area contributed by atoms with E-state index < -0.39 is 0 Å². The average Bonchev–Trinajstić information content (AvgIpc) is 3.06. The van der Waals surface area contributed by atoms with Gasteiger partial charge < -0.3 is 5.32 Å². The summed E-state index contributed by atoms with van der Waals surface area (Å²) in [5.74, 6) is 0.403. The molecule has 4 rings (SSSR count). The van der Waals surface area contributed by atoms with Crippen LogP contribution in [-0.4, -0.2) is 17.7 Å². The van der Waals surface area contributed by atoms with E-state index in [0.29, 0.717) is 32.4 Å². The SMILES string of the molecule is CC1CCCC(NC(=O)C2=NN(c3ccc(Cl)cc3Cl)C(c3ccc(Cl)cc3)C2C)C1. The average molecular weight is 479 g/mol. The van der Waals surface area contributed by atoms with Crippen LogP contribution in [0.5, 0.6) is 0 Å². The number of nitrogens with one attached hydrogen (secondary N) is 1. The summed E-state index contributed by atoms with van der Waals surface area (Å²) in [5, 5.41) is 11.5. The van der Waals surface area contributed by atoms with Crippen LogP contribution in [0.3, 0.4) is 0 Å². The number of rotatable bonds is 4. The molecule has 1 heterocycles. The van der Waals surface area contributed by atoms with Gasteiger partial charge in [-0.1, -0.05) is 73.6 Å². The van der Waals surface area contributed by atoms with Crippen molar-refractivity contribution in [1.29, 1.82) is 0 Å². The topological polar surface area (TPSA) is 44.7 Å². The maximum Gasteiger partial charge on any atom is 0.268 e. The Balaban J connectivity index is 1.67. The third kappa shape index (κ3) is 4.87. The number of nitrogens with zero attached hydrogens (tertiary/aromatic N) is 2. The Morgan fingerprint density at radius 1 is 1.03 bits per heavy atom. The number of hydrazone groups is 1. The van der Waals surface area contributed by atoms with E-state index in [1.807, 2.05) is 42.3 Å². The molecular formula is C24H26Cl3N3O. The standard InChI is InChI=1S/C24H26Cl3N3O/c1-14-4-3-5-19(12-14)28-24(31)22-15(2)23(16-6-8-17(25)9-7-16)30(29-22)21-11-10-18(26)13-20(21)27/h6-11,13-15,19,23H,3-5,12H2,1-2H3,(H,28,31). The highest BCUT2D eigenvalue weighted by molar-refractivity contribution is 6.41. The van der Waals surface area contributed by atoms with E-state index >= 15 is 0 Å². The summed E-state index contributed by atoms with van der Waals surface area (Å²) in [7, 11) is 0. The minimum absolute atomic E-state index is 0.0989. The van der Waals surface area contributed by atoms with Crippen molar-refractivity contribution >= 4 is 52.1 Å². The molecule has 164 valence electrons. The minimum Gasteiger partial charge on any atom is -0.348 e. The molecule has 7 heteroatoms. The molecule has 4 atom stereocenters. The second kappa shape index (κ2) is 9.40. The van der Waals surface area contributed by atoms with Crippen LogP contribution in [0.2, 0.25) is 15.1 Å². The smallest absolute Gasteiger partial charge is 0.268 e. The van der Waals surface area contributed by atoms with Gasteiger partial charge in [0.1, 0.15) is 5.71 Å². The minimum atomic E-state index is -0.179. The summed E-state index contributed by atoms with van der Waals surface area (Å²) in [6.07, 6.45) is 4.41. The van der Waals surface area contributed by atoms with Crippen LogP contribution in [0.25, 0.3) is 0 Å². The molecule has 0 spiro atoms. The highest BCUT2D eigenvalue weighted by Crippen LogP contribution is 2.42. The summed E-state index contributed by atoms with van der Waals surface area (Å²) in [4.78, 5) is 13.2. The predicted octanol–water partition coefficient (Wildman–Crippen LogP) is 6.90. The van der Waals surface area contributed by atoms with E-state index in [1.165, 1.54) is 6.42 Å². The van der Waals surface area contributed by atoms with E-state index in [2.05, 4.69) is 12.2 Å². The molecule has 4 unspecified atom stereocenters. The van der Waals surface area contributed by atoms with Gasteiger partial charge in [0.2, 0.25) is 0 Å². The first-order chi connectivity index (χ1) is 14.8. The predicted molar refractivity (Wildman–Crippen MR) is 129 cm³/mol. The number of benzene rings is 2. The lowest BCUT2D eigenvalue weighted by atomic mass is 9.86. The van der Waals surface area contributed by atoms with Gasteiger partial charge in [0.25, 0.3) is 5.91 Å². The quantitative estimate of drug-likeness (QED) is 0.519. The van der Waals surface area contributed by atoms with Crippen molar-refractivity contribution in [2.75, 3.05) is 5.01 Å². The zero-order chi connectivity index (χ0) is 22.1. The largest absolute Gasteiger partial charge is 0.348 e. The molecule has 1 saturated carbocycles. The summed E-state index contributed by atoms with van der Waals surface area (Å²) in [6.45, 7) is 4.28. The fourth-order valence-electron chi connectivity index (χ4n) is 4.67. The number of hydrogen-bond donors (Lipinski definition) is 1. The molecule has 4 nitrogen and oxygen atoms in total. The van der Waals surface area contributed by atoms with Gasteiger partial charge in [0.15, 0.2) is 0 Å². The van der Waals surface area contributed by atoms with Crippen LogP contribution >= 0.6 is 34.8 Å². The van der Waals surface area contributed by atoms with Gasteiger partial charge in [0.05, 0.1) is 16.8 Å². The number of hydrogen-bond acceptors (Lipinski definition) is 3. The Kier molecular flexibility index (Phi) is 6.80. The van der Waals surface area contributed by atoms with Gasteiger partial charge in [-0.25, -0.2) is 0 Å². The van der Waals surface area contributed by atoms with Gasteiger partial charge in [0, 0.05) is 22.0 Å². The Bertz CT molecular complexity index is 992. The monoisotopic (exact) mass is 477 g/mol. The van der Waals surface area contributed by atoms with Crippen molar-refractivity contribution in [3.63, 3.8) is 0 Å². The molecule has 1 N–H and O–H groups in total. The van der Waals surface area contributed by atoms with E-state index in [1.54, 1.807) is 12.1 Å². The number of halogens is 3. The molecule has 2 aliphatic rings. The molecule has 1 aliphatic carbocycles. The van der Waals surface area contributed by atoms with Gasteiger partial charge in [-0.05, 0) is 54.7 Å². The normalized spacial score (nSPS) is 26.0. The molecule has 0 saturated heterocycles. The molecule has 0 radical (unpaired) electrons. The van der Waals surface area contributed by atoms with Gasteiger partial charge >= 0.3 is 0 Å². The zero-order valence-electron chi connectivity index (χ0n) is 17.6. The van der Waals surface area contributed by atoms with Crippen molar-refractivity contribution in [2.45, 2.75) is 51.6 Å². The van der Waals surface area contributed by atoms with Crippen LogP contribution in [0.4, 0.5) is 5.69 Å². The molecule has 2 aromatic rings. The van der Waals surface area contributed by atoms with Gasteiger partial charge in [-0.3, -0.25) is 9.80 Å². The van der Waals surface area contributed by atoms with Crippen molar-refractivity contribution < 1.29 is 4.79 Å². The Hall–Kier alpha value is -1.75. The lowest BCUT2D eigenvalue weighted by molar-refractivity contribution is -0.116. The Morgan fingerprint density at radius 2 is 1.74 bits per heavy atom. The van der Waals surface area contributed by atoms with E-state index in [-0.39, 0.29) is 23.9 Å². The highest BCUT2D eigenvalue weighted by Gasteiger charge is 2.40. The summed E-state index contributed by atoms with van der Waals surface area (Å²) < 4.78 is 0. The number of carbonyl (C=O) groups excluding carboxylic acids is 1. The first kappa shape index (κ1) is 22.4. The van der Waals surface area contributed by atoms with E-state index in [0.717, 1.165) is 24.8 Å². The number of anilines is 1. The third-order valence-electron chi connectivity index (χ3n) is 6.26. The van der Waals surface area contributed by atoms with E-state index in [9.17, 15) is 4.79 Å². The Morgan fingerprint density at radius 3 is 2.42 bits per heavy atom. The van der Waals surface area contributed by atoms with E-state index in [4.69, 9.17) is 39.9 Å². The lowest BCUT2D eigenvalue weighted by Gasteiger charge is -2.28. The van der Waals surface area contributed by atoms with Crippen LogP contribution in [0.1, 0.15) is 51.1 Å². The Labute approximate surface area is 198 Å². The number of carbonyl (C=O) groups is 1. The number of amides is 1. The van der Waals surface area contributed by atoms with Gasteiger partial charge in [-0.15, -0.1) is 0 Å². The van der Waals surface area contributed by atoms with Crippen molar-refractivity contribution in [2.24, 2.45) is 16.9 Å². The maximum absolute atomic E-state index is 13.2. The second-order valence-electron chi connectivity index (χ2n) is 8.65. The second-order valence-corrected chi connectivity index (χ2v) is 9.93. The van der Waals surface area contributed by atoms with Crippen LogP contribution in [0.15, 0.2) is 47.6 Å². The molecule has 0 bridgehead atoms. The molecule has 0 aromatic heterocycles. The summed E-state index contributed by atoms with van der Waals surface area (Å²) >= 11 is 18.7.